The fourth-order valence-electron chi connectivity index (χ4n) is 2.92. The van der Waals surface area contributed by atoms with E-state index in [1.807, 2.05) is 12.1 Å². The van der Waals surface area contributed by atoms with E-state index in [9.17, 15) is 8.42 Å². The van der Waals surface area contributed by atoms with E-state index in [0.29, 0.717) is 4.90 Å². The monoisotopic (exact) mass is 280 g/mol. The van der Waals surface area contributed by atoms with Crippen molar-refractivity contribution in [2.75, 3.05) is 13.1 Å². The number of sulfonamides is 1. The number of nitrogens with one attached hydrogen (secondary N) is 2. The molecule has 4 nitrogen and oxygen atoms in total. The third-order valence-corrected chi connectivity index (χ3v) is 5.53. The van der Waals surface area contributed by atoms with Gasteiger partial charge in [-0.3, -0.25) is 0 Å². The lowest BCUT2D eigenvalue weighted by molar-refractivity contribution is 0.559. The van der Waals surface area contributed by atoms with Gasteiger partial charge in [0.1, 0.15) is 0 Å². The van der Waals surface area contributed by atoms with Gasteiger partial charge in [-0.2, -0.15) is 0 Å². The summed E-state index contributed by atoms with van der Waals surface area (Å²) in [5.41, 5.74) is 2.52. The fraction of sp³-hybridized carbons (Fsp3) is 0.571. The van der Waals surface area contributed by atoms with Crippen LogP contribution < -0.4 is 10.0 Å². The van der Waals surface area contributed by atoms with Crippen LogP contribution in [0.2, 0.25) is 0 Å². The lowest BCUT2D eigenvalue weighted by Gasteiger charge is -2.18. The minimum atomic E-state index is -3.37. The molecule has 1 fully saturated rings. The number of rotatable bonds is 3. The quantitative estimate of drug-likeness (QED) is 0.875. The van der Waals surface area contributed by atoms with Crippen molar-refractivity contribution in [2.24, 2.45) is 0 Å². The number of aryl methyl sites for hydroxylation is 2. The van der Waals surface area contributed by atoms with E-state index in [4.69, 9.17) is 0 Å². The Morgan fingerprint density at radius 2 is 1.95 bits per heavy atom. The maximum Gasteiger partial charge on any atom is 0.240 e. The number of hydrogen-bond acceptors (Lipinski definition) is 3. The van der Waals surface area contributed by atoms with Crippen molar-refractivity contribution >= 4 is 10.0 Å². The molecule has 104 valence electrons. The molecule has 2 N–H and O–H groups in total. The molecule has 0 saturated carbocycles. The molecule has 1 aromatic carbocycles. The van der Waals surface area contributed by atoms with E-state index in [-0.39, 0.29) is 6.04 Å². The highest BCUT2D eigenvalue weighted by Crippen LogP contribution is 2.24. The Morgan fingerprint density at radius 3 is 2.68 bits per heavy atom. The van der Waals surface area contributed by atoms with Crippen molar-refractivity contribution in [2.45, 2.75) is 43.0 Å². The number of benzene rings is 1. The van der Waals surface area contributed by atoms with Crippen molar-refractivity contribution in [3.05, 3.63) is 29.3 Å². The lowest BCUT2D eigenvalue weighted by atomic mass is 9.92. The zero-order chi connectivity index (χ0) is 13.3. The molecule has 2 aliphatic rings. The summed E-state index contributed by atoms with van der Waals surface area (Å²) in [5.74, 6) is 0. The summed E-state index contributed by atoms with van der Waals surface area (Å²) in [4.78, 5) is 0.417. The summed E-state index contributed by atoms with van der Waals surface area (Å²) in [5, 5.41) is 3.17. The van der Waals surface area contributed by atoms with E-state index < -0.39 is 10.0 Å². The number of hydrogen-bond donors (Lipinski definition) is 2. The first-order valence-electron chi connectivity index (χ1n) is 7.00. The lowest BCUT2D eigenvalue weighted by Crippen LogP contribution is -2.36. The Bertz CT molecular complexity index is 563. The van der Waals surface area contributed by atoms with Crippen molar-refractivity contribution < 1.29 is 8.42 Å². The molecule has 0 amide bonds. The summed E-state index contributed by atoms with van der Waals surface area (Å²) in [6.07, 6.45) is 5.32. The number of fused-ring (bicyclic) bond motifs is 1. The van der Waals surface area contributed by atoms with E-state index in [2.05, 4.69) is 10.0 Å². The molecule has 0 radical (unpaired) electrons. The Hall–Kier alpha value is -0.910. The first kappa shape index (κ1) is 13.1. The van der Waals surface area contributed by atoms with Crippen LogP contribution in [0.4, 0.5) is 0 Å². The smallest absolute Gasteiger partial charge is 0.240 e. The van der Waals surface area contributed by atoms with Crippen LogP contribution in [0.3, 0.4) is 0 Å². The van der Waals surface area contributed by atoms with Gasteiger partial charge in [-0.25, -0.2) is 13.1 Å². The summed E-state index contributed by atoms with van der Waals surface area (Å²) < 4.78 is 27.5. The van der Waals surface area contributed by atoms with Gasteiger partial charge in [0.25, 0.3) is 0 Å². The minimum absolute atomic E-state index is 0.0287. The van der Waals surface area contributed by atoms with Crippen molar-refractivity contribution in [3.63, 3.8) is 0 Å². The molecule has 0 unspecified atom stereocenters. The molecule has 5 heteroatoms. The highest BCUT2D eigenvalue weighted by Gasteiger charge is 2.23. The summed E-state index contributed by atoms with van der Waals surface area (Å²) in [6.45, 7) is 1.61. The zero-order valence-corrected chi connectivity index (χ0v) is 11.8. The molecule has 1 aliphatic heterocycles. The van der Waals surface area contributed by atoms with Crippen LogP contribution in [0.1, 0.15) is 30.4 Å². The molecular formula is C14H20N2O2S. The Kier molecular flexibility index (Phi) is 3.60. The van der Waals surface area contributed by atoms with Gasteiger partial charge < -0.3 is 5.32 Å². The van der Waals surface area contributed by atoms with Crippen LogP contribution >= 0.6 is 0 Å². The normalized spacial score (nSPS) is 23.3. The van der Waals surface area contributed by atoms with Crippen LogP contribution in [0.5, 0.6) is 0 Å². The molecule has 1 saturated heterocycles. The maximum absolute atomic E-state index is 12.3. The van der Waals surface area contributed by atoms with Gasteiger partial charge in [0.05, 0.1) is 4.90 Å². The molecule has 0 aromatic heterocycles. The molecule has 0 bridgehead atoms. The van der Waals surface area contributed by atoms with E-state index >= 15 is 0 Å². The highest BCUT2D eigenvalue weighted by molar-refractivity contribution is 7.89. The molecule has 19 heavy (non-hydrogen) atoms. The van der Waals surface area contributed by atoms with E-state index in [1.165, 1.54) is 17.5 Å². The second kappa shape index (κ2) is 5.23. The van der Waals surface area contributed by atoms with Gasteiger partial charge in [0.15, 0.2) is 0 Å². The van der Waals surface area contributed by atoms with Crippen LogP contribution in [0.15, 0.2) is 23.1 Å². The third kappa shape index (κ3) is 2.83. The average molecular weight is 280 g/mol. The second-order valence-electron chi connectivity index (χ2n) is 5.45. The van der Waals surface area contributed by atoms with Crippen molar-refractivity contribution in [1.82, 2.24) is 10.0 Å². The summed E-state index contributed by atoms with van der Waals surface area (Å²) >= 11 is 0. The van der Waals surface area contributed by atoms with Crippen LogP contribution in [-0.4, -0.2) is 27.5 Å². The van der Waals surface area contributed by atoms with Gasteiger partial charge in [-0.1, -0.05) is 6.07 Å². The highest BCUT2D eigenvalue weighted by atomic mass is 32.2. The average Bonchev–Trinajstić information content (AvgIpc) is 2.90. The van der Waals surface area contributed by atoms with Crippen LogP contribution in [0.25, 0.3) is 0 Å². The molecular weight excluding hydrogens is 260 g/mol. The Morgan fingerprint density at radius 1 is 1.16 bits per heavy atom. The topological polar surface area (TPSA) is 58.2 Å². The second-order valence-corrected chi connectivity index (χ2v) is 7.16. The molecule has 0 spiro atoms. The largest absolute Gasteiger partial charge is 0.315 e. The molecule has 1 aliphatic carbocycles. The van der Waals surface area contributed by atoms with Crippen molar-refractivity contribution in [1.29, 1.82) is 0 Å². The molecule has 1 atom stereocenters. The van der Waals surface area contributed by atoms with Crippen LogP contribution in [-0.2, 0) is 22.9 Å². The van der Waals surface area contributed by atoms with Crippen LogP contribution in [0, 0.1) is 0 Å². The third-order valence-electron chi connectivity index (χ3n) is 4.01. The van der Waals surface area contributed by atoms with Gasteiger partial charge in [-0.15, -0.1) is 0 Å². The van der Waals surface area contributed by atoms with Gasteiger partial charge >= 0.3 is 0 Å². The fourth-order valence-corrected chi connectivity index (χ4v) is 4.24. The summed E-state index contributed by atoms with van der Waals surface area (Å²) in [6, 6.07) is 5.62. The standard InChI is InChI=1S/C14H20N2O2S/c17-19(18,16-13-7-8-15-10-13)14-6-5-11-3-1-2-4-12(11)9-14/h5-6,9,13,15-16H,1-4,7-8,10H2/t13-/m1/s1. The first-order chi connectivity index (χ1) is 9.15. The molecule has 1 aromatic rings. The zero-order valence-electron chi connectivity index (χ0n) is 11.0. The summed E-state index contributed by atoms with van der Waals surface area (Å²) in [7, 11) is -3.37. The predicted molar refractivity (Wildman–Crippen MR) is 74.7 cm³/mol. The van der Waals surface area contributed by atoms with Crippen molar-refractivity contribution in [3.8, 4) is 0 Å². The van der Waals surface area contributed by atoms with E-state index in [1.54, 1.807) is 6.07 Å². The first-order valence-corrected chi connectivity index (χ1v) is 8.48. The Balaban J connectivity index is 1.84. The van der Waals surface area contributed by atoms with E-state index in [0.717, 1.165) is 38.8 Å². The molecule has 3 rings (SSSR count). The molecule has 1 heterocycles. The SMILES string of the molecule is O=S(=O)(N[C@@H]1CCNC1)c1ccc2c(c1)CCCC2. The van der Waals surface area contributed by atoms with Gasteiger partial charge in [0.2, 0.25) is 10.0 Å². The maximum atomic E-state index is 12.3. The minimum Gasteiger partial charge on any atom is -0.315 e. The van der Waals surface area contributed by atoms with Gasteiger partial charge in [-0.05, 0) is 61.9 Å². The Labute approximate surface area is 114 Å². The van der Waals surface area contributed by atoms with Gasteiger partial charge in [0, 0.05) is 12.6 Å². The predicted octanol–water partition coefficient (Wildman–Crippen LogP) is 1.21.